The third-order valence-corrected chi connectivity index (χ3v) is 7.30. The number of rotatable bonds is 4. The summed E-state index contributed by atoms with van der Waals surface area (Å²) < 4.78 is 10.8. The normalized spacial score (nSPS) is 30.1. The number of carbonyl (C=O) groups is 2. The standard InChI is InChI=1S/C24H24N4O5/c25-22(26)14-4-2-13(3-5-14)21-20-19(16-8-15(29)10-27(16)21)23(30)28(24(20)31)9-12-1-6-17-18(7-12)33-11-32-17/h1-7,15-16,19-21,29H,8-11H2,(H3,25,26)/t15-,16+,19+,20+,21+/m1/s1. The van der Waals surface area contributed by atoms with Gasteiger partial charge in [0.25, 0.3) is 0 Å². The van der Waals surface area contributed by atoms with E-state index < -0.39 is 17.9 Å². The number of likely N-dealkylation sites (tertiary alicyclic amines) is 1. The Balaban J connectivity index is 1.33. The third kappa shape index (κ3) is 3.03. The number of hydrogen-bond donors (Lipinski definition) is 3. The average molecular weight is 448 g/mol. The van der Waals surface area contributed by atoms with Crippen LogP contribution in [-0.4, -0.2) is 58.0 Å². The molecular formula is C24H24N4O5. The molecule has 6 rings (SSSR count). The molecule has 2 amide bonds. The predicted molar refractivity (Wildman–Crippen MR) is 116 cm³/mol. The molecule has 0 radical (unpaired) electrons. The summed E-state index contributed by atoms with van der Waals surface area (Å²) in [6.07, 6.45) is -0.0548. The molecule has 0 aromatic heterocycles. The van der Waals surface area contributed by atoms with E-state index in [1.54, 1.807) is 24.3 Å². The number of nitrogens with zero attached hydrogens (tertiary/aromatic N) is 2. The van der Waals surface area contributed by atoms with Gasteiger partial charge < -0.3 is 20.3 Å². The zero-order valence-electron chi connectivity index (χ0n) is 17.8. The van der Waals surface area contributed by atoms with E-state index >= 15 is 0 Å². The van der Waals surface area contributed by atoms with Gasteiger partial charge in [0.1, 0.15) is 5.84 Å². The van der Waals surface area contributed by atoms with Crippen LogP contribution < -0.4 is 15.2 Å². The van der Waals surface area contributed by atoms with Crippen LogP contribution in [0.2, 0.25) is 0 Å². The van der Waals surface area contributed by atoms with Crippen molar-refractivity contribution >= 4 is 17.6 Å². The smallest absolute Gasteiger partial charge is 0.235 e. The molecule has 170 valence electrons. The Bertz CT molecular complexity index is 1170. The Morgan fingerprint density at radius 1 is 1.06 bits per heavy atom. The number of benzene rings is 2. The summed E-state index contributed by atoms with van der Waals surface area (Å²) >= 11 is 0. The fourth-order valence-corrected chi connectivity index (χ4v) is 5.89. The van der Waals surface area contributed by atoms with Crippen molar-refractivity contribution in [3.05, 3.63) is 59.2 Å². The number of hydrogen-bond acceptors (Lipinski definition) is 7. The average Bonchev–Trinajstić information content (AvgIpc) is 3.53. The van der Waals surface area contributed by atoms with Crippen LogP contribution in [0.3, 0.4) is 0 Å². The number of fused-ring (bicyclic) bond motifs is 4. The molecule has 4 aliphatic heterocycles. The fraction of sp³-hybridized carbons (Fsp3) is 0.375. The van der Waals surface area contributed by atoms with Crippen molar-refractivity contribution in [3.63, 3.8) is 0 Å². The van der Waals surface area contributed by atoms with Crippen LogP contribution in [0, 0.1) is 17.2 Å². The Morgan fingerprint density at radius 3 is 2.55 bits per heavy atom. The molecule has 0 unspecified atom stereocenters. The second kappa shape index (κ2) is 7.29. The highest BCUT2D eigenvalue weighted by Crippen LogP contribution is 2.53. The van der Waals surface area contributed by atoms with Crippen LogP contribution in [0.4, 0.5) is 0 Å². The zero-order valence-corrected chi connectivity index (χ0v) is 17.8. The van der Waals surface area contributed by atoms with Crippen LogP contribution in [0.5, 0.6) is 11.5 Å². The predicted octanol–water partition coefficient (Wildman–Crippen LogP) is 0.991. The molecule has 0 saturated carbocycles. The minimum atomic E-state index is -0.527. The maximum atomic E-state index is 13.6. The molecule has 3 saturated heterocycles. The second-order valence-corrected chi connectivity index (χ2v) is 9.14. The molecular weight excluding hydrogens is 424 g/mol. The molecule has 9 heteroatoms. The molecule has 9 nitrogen and oxygen atoms in total. The summed E-state index contributed by atoms with van der Waals surface area (Å²) in [5.74, 6) is -0.128. The number of aliphatic hydroxyl groups is 1. The van der Waals surface area contributed by atoms with Crippen molar-refractivity contribution in [2.75, 3.05) is 13.3 Å². The van der Waals surface area contributed by atoms with Crippen LogP contribution >= 0.6 is 0 Å². The number of nitrogens with one attached hydrogen (secondary N) is 1. The molecule has 33 heavy (non-hydrogen) atoms. The SMILES string of the molecule is N=C(N)c1ccc([C@H]2[C@H]3C(=O)N(Cc4ccc5c(c4)OCO5)C(=O)[C@H]3[C@@H]3C[C@@H](O)CN32)cc1. The second-order valence-electron chi connectivity index (χ2n) is 9.14. The van der Waals surface area contributed by atoms with Crippen LogP contribution in [0.1, 0.15) is 29.2 Å². The maximum Gasteiger partial charge on any atom is 0.235 e. The van der Waals surface area contributed by atoms with Crippen molar-refractivity contribution in [1.82, 2.24) is 9.80 Å². The lowest BCUT2D eigenvalue weighted by Crippen LogP contribution is -2.39. The van der Waals surface area contributed by atoms with Gasteiger partial charge in [-0.2, -0.15) is 0 Å². The highest BCUT2D eigenvalue weighted by atomic mass is 16.7. The molecule has 3 fully saturated rings. The topological polar surface area (TPSA) is 129 Å². The van der Waals surface area contributed by atoms with Gasteiger partial charge in [0.05, 0.1) is 24.5 Å². The van der Waals surface area contributed by atoms with Crippen molar-refractivity contribution < 1.29 is 24.2 Å². The Hall–Kier alpha value is -3.43. The number of carbonyl (C=O) groups excluding carboxylic acids is 2. The fourth-order valence-electron chi connectivity index (χ4n) is 5.89. The Labute approximate surface area is 190 Å². The molecule has 4 heterocycles. The summed E-state index contributed by atoms with van der Waals surface area (Å²) in [5, 5.41) is 18.0. The largest absolute Gasteiger partial charge is 0.454 e. The summed E-state index contributed by atoms with van der Waals surface area (Å²) in [5.41, 5.74) is 7.88. The summed E-state index contributed by atoms with van der Waals surface area (Å²) in [7, 11) is 0. The molecule has 0 aliphatic carbocycles. The molecule has 0 spiro atoms. The lowest BCUT2D eigenvalue weighted by atomic mass is 9.85. The number of nitrogen functional groups attached to an aromatic ring is 1. The number of nitrogens with two attached hydrogens (primary N) is 1. The molecule has 5 atom stereocenters. The third-order valence-electron chi connectivity index (χ3n) is 7.30. The van der Waals surface area contributed by atoms with Gasteiger partial charge in [0, 0.05) is 24.2 Å². The molecule has 2 aromatic rings. The highest BCUT2D eigenvalue weighted by molar-refractivity contribution is 6.06. The van der Waals surface area contributed by atoms with Gasteiger partial charge in [0.15, 0.2) is 11.5 Å². The van der Waals surface area contributed by atoms with Gasteiger partial charge >= 0.3 is 0 Å². The first-order chi connectivity index (χ1) is 15.9. The minimum Gasteiger partial charge on any atom is -0.454 e. The number of amides is 2. The van der Waals surface area contributed by atoms with Crippen LogP contribution in [-0.2, 0) is 16.1 Å². The first-order valence-corrected chi connectivity index (χ1v) is 11.0. The first-order valence-electron chi connectivity index (χ1n) is 11.0. The summed E-state index contributed by atoms with van der Waals surface area (Å²) in [4.78, 5) is 30.6. The number of aliphatic hydroxyl groups excluding tert-OH is 1. The molecule has 4 aliphatic rings. The van der Waals surface area contributed by atoms with Crippen molar-refractivity contribution in [2.24, 2.45) is 17.6 Å². The van der Waals surface area contributed by atoms with E-state index in [0.717, 1.165) is 11.1 Å². The molecule has 2 aromatic carbocycles. The van der Waals surface area contributed by atoms with Crippen LogP contribution in [0.15, 0.2) is 42.5 Å². The van der Waals surface area contributed by atoms with Gasteiger partial charge in [-0.15, -0.1) is 0 Å². The van der Waals surface area contributed by atoms with E-state index in [9.17, 15) is 14.7 Å². The van der Waals surface area contributed by atoms with Crippen molar-refractivity contribution in [3.8, 4) is 11.5 Å². The van der Waals surface area contributed by atoms with Gasteiger partial charge in [0.2, 0.25) is 18.6 Å². The maximum absolute atomic E-state index is 13.6. The van der Waals surface area contributed by atoms with E-state index in [1.165, 1.54) is 4.90 Å². The van der Waals surface area contributed by atoms with Gasteiger partial charge in [-0.1, -0.05) is 30.3 Å². The summed E-state index contributed by atoms with van der Waals surface area (Å²) in [6.45, 7) is 0.764. The quantitative estimate of drug-likeness (QED) is 0.361. The van der Waals surface area contributed by atoms with Gasteiger partial charge in [-0.25, -0.2) is 0 Å². The Kier molecular flexibility index (Phi) is 4.46. The minimum absolute atomic E-state index is 0.0256. The zero-order chi connectivity index (χ0) is 22.9. The number of amidine groups is 1. The van der Waals surface area contributed by atoms with Crippen molar-refractivity contribution in [1.29, 1.82) is 5.41 Å². The van der Waals surface area contributed by atoms with E-state index in [0.29, 0.717) is 30.0 Å². The first kappa shape index (κ1) is 20.2. The highest BCUT2D eigenvalue weighted by Gasteiger charge is 2.64. The Morgan fingerprint density at radius 2 is 1.79 bits per heavy atom. The lowest BCUT2D eigenvalue weighted by Gasteiger charge is -2.29. The van der Waals surface area contributed by atoms with E-state index in [1.807, 2.05) is 18.2 Å². The molecule has 4 N–H and O–H groups in total. The number of ether oxygens (including phenoxy) is 2. The summed E-state index contributed by atoms with van der Waals surface area (Å²) in [6, 6.07) is 12.2. The van der Waals surface area contributed by atoms with E-state index in [-0.39, 0.29) is 43.1 Å². The monoisotopic (exact) mass is 448 g/mol. The van der Waals surface area contributed by atoms with E-state index in [2.05, 4.69) is 4.90 Å². The number of imide groups is 1. The van der Waals surface area contributed by atoms with E-state index in [4.69, 9.17) is 20.6 Å². The van der Waals surface area contributed by atoms with Gasteiger partial charge in [-0.3, -0.25) is 24.8 Å². The van der Waals surface area contributed by atoms with Crippen molar-refractivity contribution in [2.45, 2.75) is 31.2 Å². The molecule has 0 bridgehead atoms. The lowest BCUT2D eigenvalue weighted by molar-refractivity contribution is -0.142. The van der Waals surface area contributed by atoms with Gasteiger partial charge in [-0.05, 0) is 29.7 Å². The van der Waals surface area contributed by atoms with Crippen LogP contribution in [0.25, 0.3) is 0 Å².